The van der Waals surface area contributed by atoms with Gasteiger partial charge in [-0.1, -0.05) is 35.9 Å². The normalized spacial score (nSPS) is 11.5. The molecule has 0 spiro atoms. The molecule has 0 heterocycles. The first-order valence-electron chi connectivity index (χ1n) is 6.54. The fraction of sp³-hybridized carbons (Fsp3) is 0.200. The Morgan fingerprint density at radius 1 is 0.952 bits per heavy atom. The summed E-state index contributed by atoms with van der Waals surface area (Å²) in [6.45, 7) is 0.729. The molecule has 4 nitrogen and oxygen atoms in total. The van der Waals surface area contributed by atoms with Gasteiger partial charge >= 0.3 is 0 Å². The lowest BCUT2D eigenvalue weighted by Gasteiger charge is -2.07. The van der Waals surface area contributed by atoms with E-state index in [-0.39, 0.29) is 4.90 Å². The molecule has 0 aliphatic rings. The first-order chi connectivity index (χ1) is 10.0. The number of hydrogen-bond acceptors (Lipinski definition) is 3. The van der Waals surface area contributed by atoms with Crippen LogP contribution >= 0.6 is 11.6 Å². The van der Waals surface area contributed by atoms with E-state index in [0.717, 1.165) is 11.1 Å². The molecule has 6 heteroatoms. The van der Waals surface area contributed by atoms with Gasteiger partial charge in [-0.15, -0.1) is 0 Å². The summed E-state index contributed by atoms with van der Waals surface area (Å²) in [5.41, 5.74) is 7.42. The summed E-state index contributed by atoms with van der Waals surface area (Å²) in [6, 6.07) is 13.9. The molecule has 0 bridgehead atoms. The number of nitrogens with one attached hydrogen (secondary N) is 1. The van der Waals surface area contributed by atoms with Crippen LogP contribution in [0.25, 0.3) is 0 Å². The molecule has 0 radical (unpaired) electrons. The maximum Gasteiger partial charge on any atom is 0.240 e. The van der Waals surface area contributed by atoms with Gasteiger partial charge in [0.05, 0.1) is 4.90 Å². The molecule has 0 saturated heterocycles. The first kappa shape index (κ1) is 16.0. The largest absolute Gasteiger partial charge is 0.326 e. The molecule has 0 aliphatic carbocycles. The zero-order valence-electron chi connectivity index (χ0n) is 11.4. The second-order valence-corrected chi connectivity index (χ2v) is 6.83. The van der Waals surface area contributed by atoms with Crippen LogP contribution in [0, 0.1) is 0 Å². The topological polar surface area (TPSA) is 72.2 Å². The van der Waals surface area contributed by atoms with Crippen molar-refractivity contribution in [3.05, 3.63) is 64.7 Å². The van der Waals surface area contributed by atoms with Crippen molar-refractivity contribution in [2.24, 2.45) is 5.73 Å². The molecule has 2 rings (SSSR count). The van der Waals surface area contributed by atoms with E-state index in [2.05, 4.69) is 4.72 Å². The third kappa shape index (κ3) is 4.54. The Bertz CT molecular complexity index is 683. The Morgan fingerprint density at radius 3 is 2.10 bits per heavy atom. The summed E-state index contributed by atoms with van der Waals surface area (Å²) in [5.74, 6) is 0. The van der Waals surface area contributed by atoms with E-state index in [0.29, 0.717) is 24.5 Å². The number of halogens is 1. The van der Waals surface area contributed by atoms with Gasteiger partial charge in [0.25, 0.3) is 0 Å². The minimum absolute atomic E-state index is 0.246. The summed E-state index contributed by atoms with van der Waals surface area (Å²) in [5, 5.41) is 0.666. The second kappa shape index (κ2) is 7.04. The summed E-state index contributed by atoms with van der Waals surface area (Å²) in [6.07, 6.45) is 0.608. The van der Waals surface area contributed by atoms with E-state index in [1.807, 2.05) is 12.1 Å². The van der Waals surface area contributed by atoms with E-state index < -0.39 is 10.0 Å². The van der Waals surface area contributed by atoms with Gasteiger partial charge in [0.15, 0.2) is 0 Å². The monoisotopic (exact) mass is 324 g/mol. The third-order valence-electron chi connectivity index (χ3n) is 3.09. The van der Waals surface area contributed by atoms with Crippen LogP contribution in [0.4, 0.5) is 0 Å². The standard InChI is InChI=1S/C15H17ClN2O2S/c16-14-5-1-12(2-6-14)9-10-18-21(19,20)15-7-3-13(11-17)4-8-15/h1-8,18H,9-11,17H2. The van der Waals surface area contributed by atoms with Gasteiger partial charge in [-0.05, 0) is 41.8 Å². The highest BCUT2D eigenvalue weighted by atomic mass is 35.5. The highest BCUT2D eigenvalue weighted by Gasteiger charge is 2.12. The van der Waals surface area contributed by atoms with Gasteiger partial charge in [-0.25, -0.2) is 13.1 Å². The molecule has 3 N–H and O–H groups in total. The van der Waals surface area contributed by atoms with Crippen molar-refractivity contribution in [1.82, 2.24) is 4.72 Å². The average Bonchev–Trinajstić information content (AvgIpc) is 2.49. The molecule has 0 aliphatic heterocycles. The molecule has 21 heavy (non-hydrogen) atoms. The zero-order valence-corrected chi connectivity index (χ0v) is 13.0. The molecule has 0 amide bonds. The van der Waals surface area contributed by atoms with E-state index in [9.17, 15) is 8.42 Å². The van der Waals surface area contributed by atoms with Crippen molar-refractivity contribution in [3.8, 4) is 0 Å². The van der Waals surface area contributed by atoms with Gasteiger partial charge in [0.2, 0.25) is 10.0 Å². The van der Waals surface area contributed by atoms with Crippen LogP contribution in [0.2, 0.25) is 5.02 Å². The molecule has 0 saturated carbocycles. The molecule has 2 aromatic rings. The Morgan fingerprint density at radius 2 is 1.52 bits per heavy atom. The Labute approximate surface area is 130 Å². The number of rotatable bonds is 6. The van der Waals surface area contributed by atoms with E-state index in [1.165, 1.54) is 0 Å². The molecule has 0 aromatic heterocycles. The zero-order chi connectivity index (χ0) is 15.3. The predicted molar refractivity (Wildman–Crippen MR) is 84.7 cm³/mol. The van der Waals surface area contributed by atoms with Crippen molar-refractivity contribution in [2.45, 2.75) is 17.9 Å². The summed E-state index contributed by atoms with van der Waals surface area (Å²) in [4.78, 5) is 0.246. The maximum absolute atomic E-state index is 12.1. The fourth-order valence-electron chi connectivity index (χ4n) is 1.87. The number of hydrogen-bond donors (Lipinski definition) is 2. The predicted octanol–water partition coefficient (Wildman–Crippen LogP) is 2.32. The van der Waals surface area contributed by atoms with Crippen LogP contribution in [0.1, 0.15) is 11.1 Å². The second-order valence-electron chi connectivity index (χ2n) is 4.62. The third-order valence-corrected chi connectivity index (χ3v) is 4.82. The molecule has 112 valence electrons. The SMILES string of the molecule is NCc1ccc(S(=O)(=O)NCCc2ccc(Cl)cc2)cc1. The first-order valence-corrected chi connectivity index (χ1v) is 8.40. The van der Waals surface area contributed by atoms with Crippen LogP contribution in [0.5, 0.6) is 0 Å². The minimum atomic E-state index is -3.48. The highest BCUT2D eigenvalue weighted by molar-refractivity contribution is 7.89. The van der Waals surface area contributed by atoms with Gasteiger partial charge in [0.1, 0.15) is 0 Å². The van der Waals surface area contributed by atoms with Crippen LogP contribution in [-0.4, -0.2) is 15.0 Å². The van der Waals surface area contributed by atoms with Gasteiger partial charge in [0, 0.05) is 18.1 Å². The lowest BCUT2D eigenvalue weighted by atomic mass is 10.2. The lowest BCUT2D eigenvalue weighted by molar-refractivity contribution is 0.581. The summed E-state index contributed by atoms with van der Waals surface area (Å²) < 4.78 is 26.8. The number of nitrogens with two attached hydrogens (primary N) is 1. The van der Waals surface area contributed by atoms with Crippen LogP contribution in [0.15, 0.2) is 53.4 Å². The lowest BCUT2D eigenvalue weighted by Crippen LogP contribution is -2.26. The van der Waals surface area contributed by atoms with Crippen molar-refractivity contribution < 1.29 is 8.42 Å². The summed E-state index contributed by atoms with van der Waals surface area (Å²) in [7, 11) is -3.48. The minimum Gasteiger partial charge on any atom is -0.326 e. The van der Waals surface area contributed by atoms with E-state index >= 15 is 0 Å². The maximum atomic E-state index is 12.1. The van der Waals surface area contributed by atoms with Gasteiger partial charge < -0.3 is 5.73 Å². The summed E-state index contributed by atoms with van der Waals surface area (Å²) >= 11 is 5.80. The van der Waals surface area contributed by atoms with Crippen LogP contribution < -0.4 is 10.5 Å². The van der Waals surface area contributed by atoms with Crippen LogP contribution in [0.3, 0.4) is 0 Å². The molecular weight excluding hydrogens is 308 g/mol. The fourth-order valence-corrected chi connectivity index (χ4v) is 3.03. The molecule has 0 fully saturated rings. The van der Waals surface area contributed by atoms with Gasteiger partial charge in [-0.3, -0.25) is 0 Å². The molecule has 0 unspecified atom stereocenters. The number of benzene rings is 2. The van der Waals surface area contributed by atoms with E-state index in [1.54, 1.807) is 36.4 Å². The smallest absolute Gasteiger partial charge is 0.240 e. The van der Waals surface area contributed by atoms with Crippen molar-refractivity contribution in [3.63, 3.8) is 0 Å². The number of sulfonamides is 1. The molecular formula is C15H17ClN2O2S. The highest BCUT2D eigenvalue weighted by Crippen LogP contribution is 2.12. The van der Waals surface area contributed by atoms with Crippen molar-refractivity contribution in [2.75, 3.05) is 6.54 Å². The Hall–Kier alpha value is -1.40. The van der Waals surface area contributed by atoms with Crippen molar-refractivity contribution in [1.29, 1.82) is 0 Å². The Kier molecular flexibility index (Phi) is 5.36. The quantitative estimate of drug-likeness (QED) is 0.856. The molecule has 0 atom stereocenters. The van der Waals surface area contributed by atoms with Gasteiger partial charge in [-0.2, -0.15) is 0 Å². The average molecular weight is 325 g/mol. The van der Waals surface area contributed by atoms with Crippen LogP contribution in [-0.2, 0) is 23.0 Å². The van der Waals surface area contributed by atoms with E-state index in [4.69, 9.17) is 17.3 Å². The van der Waals surface area contributed by atoms with Crippen molar-refractivity contribution >= 4 is 21.6 Å². The molecule has 2 aromatic carbocycles. The Balaban J connectivity index is 1.95.